The maximum absolute atomic E-state index is 15.1. The lowest BCUT2D eigenvalue weighted by Crippen LogP contribution is -2.21. The zero-order valence-electron chi connectivity index (χ0n) is 20.6. The van der Waals surface area contributed by atoms with Gasteiger partial charge in [-0.3, -0.25) is 23.9 Å². The summed E-state index contributed by atoms with van der Waals surface area (Å²) < 4.78 is 29.2. The summed E-state index contributed by atoms with van der Waals surface area (Å²) in [6.45, 7) is 0. The lowest BCUT2D eigenvalue weighted by Gasteiger charge is -2.11. The molecule has 2 heterocycles. The number of hydrogen-bond acceptors (Lipinski definition) is 5. The van der Waals surface area contributed by atoms with E-state index in [2.05, 4.69) is 4.98 Å². The fraction of sp³-hybridized carbons (Fsp3) is 0.138. The van der Waals surface area contributed by atoms with E-state index in [4.69, 9.17) is 9.47 Å². The SMILES string of the molecule is COc1ccc2c(Oc3ccc(CC(=O)c4c(-c5ccccc5)n(C)n(C)c4=O)cc3F)ccnc2c1. The van der Waals surface area contributed by atoms with E-state index in [0.29, 0.717) is 33.7 Å². The molecule has 0 saturated heterocycles. The number of Topliss-reactive ketones (excluding diaryl/α,β-unsaturated/α-hetero) is 1. The summed E-state index contributed by atoms with van der Waals surface area (Å²) in [6.07, 6.45) is 1.45. The van der Waals surface area contributed by atoms with Crippen LogP contribution in [0.15, 0.2) is 83.8 Å². The predicted molar refractivity (Wildman–Crippen MR) is 139 cm³/mol. The summed E-state index contributed by atoms with van der Waals surface area (Å²) in [5.74, 6) is 0.104. The van der Waals surface area contributed by atoms with Crippen LogP contribution in [0.2, 0.25) is 0 Å². The highest BCUT2D eigenvalue weighted by Crippen LogP contribution is 2.32. The smallest absolute Gasteiger partial charge is 0.277 e. The molecule has 0 saturated carbocycles. The van der Waals surface area contributed by atoms with Gasteiger partial charge in [0.2, 0.25) is 0 Å². The van der Waals surface area contributed by atoms with E-state index in [1.807, 2.05) is 30.3 Å². The van der Waals surface area contributed by atoms with Gasteiger partial charge in [-0.2, -0.15) is 0 Å². The van der Waals surface area contributed by atoms with E-state index in [1.165, 1.54) is 16.8 Å². The lowest BCUT2D eigenvalue weighted by atomic mass is 10.00. The summed E-state index contributed by atoms with van der Waals surface area (Å²) >= 11 is 0. The third-order valence-electron chi connectivity index (χ3n) is 6.34. The lowest BCUT2D eigenvalue weighted by molar-refractivity contribution is 0.0992. The minimum Gasteiger partial charge on any atom is -0.497 e. The molecule has 0 amide bonds. The van der Waals surface area contributed by atoms with Gasteiger partial charge in [0.05, 0.1) is 18.3 Å². The Hall–Kier alpha value is -4.72. The average molecular weight is 498 g/mol. The Balaban J connectivity index is 1.42. The monoisotopic (exact) mass is 497 g/mol. The van der Waals surface area contributed by atoms with Crippen LogP contribution in [0.25, 0.3) is 22.2 Å². The first-order chi connectivity index (χ1) is 17.9. The third kappa shape index (κ3) is 4.49. The molecule has 186 valence electrons. The minimum absolute atomic E-state index is 0.0140. The van der Waals surface area contributed by atoms with E-state index in [0.717, 1.165) is 5.56 Å². The highest BCUT2D eigenvalue weighted by molar-refractivity contribution is 6.02. The second-order valence-electron chi connectivity index (χ2n) is 8.60. The summed E-state index contributed by atoms with van der Waals surface area (Å²) in [5, 5.41) is 0.704. The van der Waals surface area contributed by atoms with Gasteiger partial charge >= 0.3 is 0 Å². The molecule has 0 spiro atoms. The zero-order valence-corrected chi connectivity index (χ0v) is 20.6. The summed E-state index contributed by atoms with van der Waals surface area (Å²) in [5.41, 5.74) is 2.05. The molecule has 8 heteroatoms. The van der Waals surface area contributed by atoms with Crippen molar-refractivity contribution in [2.24, 2.45) is 14.1 Å². The normalized spacial score (nSPS) is 11.0. The van der Waals surface area contributed by atoms with Gasteiger partial charge in [0.15, 0.2) is 17.3 Å². The molecule has 0 aliphatic carbocycles. The molecule has 0 bridgehead atoms. The fourth-order valence-electron chi connectivity index (χ4n) is 4.34. The first-order valence-electron chi connectivity index (χ1n) is 11.6. The van der Waals surface area contributed by atoms with Crippen LogP contribution in [-0.2, 0) is 20.5 Å². The van der Waals surface area contributed by atoms with Crippen LogP contribution in [0.3, 0.4) is 0 Å². The van der Waals surface area contributed by atoms with Crippen LogP contribution in [0.1, 0.15) is 15.9 Å². The molecular formula is C29H24FN3O4. The molecule has 0 aliphatic heterocycles. The predicted octanol–water partition coefficient (Wildman–Crippen LogP) is 5.30. The van der Waals surface area contributed by atoms with Crippen LogP contribution in [0, 0.1) is 5.82 Å². The average Bonchev–Trinajstić information content (AvgIpc) is 3.14. The molecule has 7 nitrogen and oxygen atoms in total. The Morgan fingerprint density at radius 1 is 0.946 bits per heavy atom. The Bertz CT molecular complexity index is 1690. The first-order valence-corrected chi connectivity index (χ1v) is 11.6. The van der Waals surface area contributed by atoms with Gasteiger partial charge in [0, 0.05) is 43.7 Å². The molecule has 0 unspecified atom stereocenters. The van der Waals surface area contributed by atoms with Crippen LogP contribution in [0.5, 0.6) is 17.2 Å². The number of aromatic nitrogens is 3. The van der Waals surface area contributed by atoms with E-state index in [-0.39, 0.29) is 23.5 Å². The minimum atomic E-state index is -0.618. The molecule has 0 fully saturated rings. The summed E-state index contributed by atoms with van der Waals surface area (Å²) in [7, 11) is 4.91. The number of hydrogen-bond donors (Lipinski definition) is 0. The molecule has 0 radical (unpaired) electrons. The van der Waals surface area contributed by atoms with Gasteiger partial charge in [-0.25, -0.2) is 4.39 Å². The van der Waals surface area contributed by atoms with Crippen molar-refractivity contribution < 1.29 is 18.7 Å². The van der Waals surface area contributed by atoms with Crippen molar-refractivity contribution in [1.82, 2.24) is 14.3 Å². The Kier molecular flexibility index (Phi) is 6.31. The number of ketones is 1. The number of rotatable bonds is 7. The van der Waals surface area contributed by atoms with Crippen LogP contribution < -0.4 is 15.0 Å². The molecule has 5 aromatic rings. The van der Waals surface area contributed by atoms with E-state index >= 15 is 4.39 Å². The zero-order chi connectivity index (χ0) is 26.1. The van der Waals surface area contributed by atoms with Gasteiger partial charge in [-0.05, 0) is 35.9 Å². The number of carbonyl (C=O) groups is 1. The van der Waals surface area contributed by atoms with E-state index in [9.17, 15) is 9.59 Å². The molecule has 3 aromatic carbocycles. The molecule has 0 aliphatic rings. The van der Waals surface area contributed by atoms with Gasteiger partial charge < -0.3 is 9.47 Å². The summed E-state index contributed by atoms with van der Waals surface area (Å²) in [6, 6.07) is 20.6. The van der Waals surface area contributed by atoms with Crippen molar-refractivity contribution in [3.05, 3.63) is 106 Å². The highest BCUT2D eigenvalue weighted by Gasteiger charge is 2.24. The maximum atomic E-state index is 15.1. The fourth-order valence-corrected chi connectivity index (χ4v) is 4.34. The second kappa shape index (κ2) is 9.73. The van der Waals surface area contributed by atoms with Crippen molar-refractivity contribution in [3.63, 3.8) is 0 Å². The largest absolute Gasteiger partial charge is 0.497 e. The van der Waals surface area contributed by atoms with Gasteiger partial charge in [-0.15, -0.1) is 0 Å². The molecule has 37 heavy (non-hydrogen) atoms. The van der Waals surface area contributed by atoms with Crippen molar-refractivity contribution in [1.29, 1.82) is 0 Å². The third-order valence-corrected chi connectivity index (χ3v) is 6.34. The standard InChI is InChI=1S/C29H24FN3O4/c1-32-28(19-7-5-4-6-8-19)27(29(35)33(32)2)24(34)16-18-9-12-26(22(30)15-18)37-25-13-14-31-23-17-20(36-3)10-11-21(23)25/h4-15,17H,16H2,1-3H3. The Morgan fingerprint density at radius 2 is 1.73 bits per heavy atom. The van der Waals surface area contributed by atoms with E-state index in [1.54, 1.807) is 62.4 Å². The maximum Gasteiger partial charge on any atom is 0.277 e. The van der Waals surface area contributed by atoms with Crippen molar-refractivity contribution >= 4 is 16.7 Å². The van der Waals surface area contributed by atoms with E-state index < -0.39 is 11.4 Å². The molecule has 0 N–H and O–H groups in total. The number of benzene rings is 3. The number of nitrogens with zero attached hydrogens (tertiary/aromatic N) is 3. The number of ether oxygens (including phenoxy) is 2. The van der Waals surface area contributed by atoms with Crippen molar-refractivity contribution in [2.75, 3.05) is 7.11 Å². The van der Waals surface area contributed by atoms with Gasteiger partial charge in [0.1, 0.15) is 17.1 Å². The molecular weight excluding hydrogens is 473 g/mol. The number of methoxy groups -OCH3 is 1. The number of halogens is 1. The topological polar surface area (TPSA) is 75.3 Å². The van der Waals surface area contributed by atoms with Crippen molar-refractivity contribution in [2.45, 2.75) is 6.42 Å². The number of pyridine rings is 1. The second-order valence-corrected chi connectivity index (χ2v) is 8.60. The van der Waals surface area contributed by atoms with Crippen LogP contribution in [-0.4, -0.2) is 27.2 Å². The first kappa shape index (κ1) is 24.0. The quantitative estimate of drug-likeness (QED) is 0.285. The Morgan fingerprint density at radius 3 is 2.46 bits per heavy atom. The van der Waals surface area contributed by atoms with Gasteiger partial charge in [0.25, 0.3) is 5.56 Å². The Labute approximate surface area is 212 Å². The molecule has 0 atom stereocenters. The summed E-state index contributed by atoms with van der Waals surface area (Å²) in [4.78, 5) is 30.5. The van der Waals surface area contributed by atoms with Crippen LogP contribution in [0.4, 0.5) is 4.39 Å². The number of fused-ring (bicyclic) bond motifs is 1. The number of carbonyl (C=O) groups excluding carboxylic acids is 1. The molecule has 5 rings (SSSR count). The van der Waals surface area contributed by atoms with Gasteiger partial charge in [-0.1, -0.05) is 36.4 Å². The van der Waals surface area contributed by atoms with Crippen molar-refractivity contribution in [3.8, 4) is 28.5 Å². The van der Waals surface area contributed by atoms with Crippen LogP contribution >= 0.6 is 0 Å². The molecule has 2 aromatic heterocycles. The highest BCUT2D eigenvalue weighted by atomic mass is 19.1.